The molecule has 1 aliphatic heterocycles. The van der Waals surface area contributed by atoms with Crippen molar-refractivity contribution in [2.24, 2.45) is 0 Å². The van der Waals surface area contributed by atoms with E-state index in [4.69, 9.17) is 4.74 Å². The monoisotopic (exact) mass is 443 g/mol. The Morgan fingerprint density at radius 2 is 1.78 bits per heavy atom. The largest absolute Gasteiger partial charge is 0.418 e. The molecule has 3 aromatic rings. The molecule has 2 aromatic carbocycles. The first-order valence-corrected chi connectivity index (χ1v) is 10.5. The fraction of sp³-hybridized carbons (Fsp3) is 0.292. The third-order valence-corrected chi connectivity index (χ3v) is 5.41. The number of aryl methyl sites for hydroxylation is 1. The summed E-state index contributed by atoms with van der Waals surface area (Å²) in [5.74, 6) is -0.467. The van der Waals surface area contributed by atoms with E-state index in [2.05, 4.69) is 10.3 Å². The second kappa shape index (κ2) is 9.48. The summed E-state index contributed by atoms with van der Waals surface area (Å²) >= 11 is 0. The number of amides is 1. The number of aromatic nitrogens is 1. The number of rotatable bonds is 6. The van der Waals surface area contributed by atoms with E-state index in [0.717, 1.165) is 23.0 Å². The highest BCUT2D eigenvalue weighted by molar-refractivity contribution is 5.92. The summed E-state index contributed by atoms with van der Waals surface area (Å²) in [6.07, 6.45) is -4.11. The fourth-order valence-corrected chi connectivity index (χ4v) is 3.73. The number of nitrogens with one attached hydrogen (secondary N) is 2. The quantitative estimate of drug-likeness (QED) is 0.557. The molecule has 2 N–H and O–H groups in total. The number of anilines is 2. The van der Waals surface area contributed by atoms with Crippen LogP contribution in [0.3, 0.4) is 0 Å². The number of carbonyl (C=O) groups is 1. The molecule has 2 heterocycles. The Labute approximate surface area is 184 Å². The number of halogens is 3. The van der Waals surface area contributed by atoms with E-state index in [1.54, 1.807) is 6.07 Å². The molecule has 32 heavy (non-hydrogen) atoms. The van der Waals surface area contributed by atoms with Gasteiger partial charge in [0.25, 0.3) is 0 Å². The van der Waals surface area contributed by atoms with E-state index >= 15 is 0 Å². The first kappa shape index (κ1) is 22.0. The first-order valence-electron chi connectivity index (χ1n) is 10.5. The molecule has 8 heteroatoms. The van der Waals surface area contributed by atoms with Crippen LogP contribution in [0.15, 0.2) is 60.7 Å². The van der Waals surface area contributed by atoms with Gasteiger partial charge in [0.1, 0.15) is 0 Å². The lowest BCUT2D eigenvalue weighted by Crippen LogP contribution is -2.36. The van der Waals surface area contributed by atoms with Crippen molar-refractivity contribution in [2.45, 2.75) is 19.0 Å². The molecule has 1 fully saturated rings. The minimum absolute atomic E-state index is 0.0667. The van der Waals surface area contributed by atoms with E-state index in [-0.39, 0.29) is 12.1 Å². The van der Waals surface area contributed by atoms with Gasteiger partial charge < -0.3 is 19.9 Å². The lowest BCUT2D eigenvalue weighted by atomic mass is 10.1. The van der Waals surface area contributed by atoms with Crippen molar-refractivity contribution in [3.63, 3.8) is 0 Å². The Hall–Kier alpha value is -3.26. The molecule has 1 saturated heterocycles. The molecule has 0 saturated carbocycles. The fourth-order valence-electron chi connectivity index (χ4n) is 3.73. The van der Waals surface area contributed by atoms with Gasteiger partial charge in [-0.25, -0.2) is 0 Å². The number of hydrogen-bond donors (Lipinski definition) is 2. The predicted octanol–water partition coefficient (Wildman–Crippen LogP) is 5.11. The average Bonchev–Trinajstić information content (AvgIpc) is 3.28. The van der Waals surface area contributed by atoms with E-state index < -0.39 is 17.6 Å². The van der Waals surface area contributed by atoms with Crippen LogP contribution in [-0.2, 0) is 22.1 Å². The molecular weight excluding hydrogens is 419 g/mol. The molecule has 4 rings (SSSR count). The van der Waals surface area contributed by atoms with E-state index in [1.807, 2.05) is 47.4 Å². The summed E-state index contributed by atoms with van der Waals surface area (Å²) in [7, 11) is 0. The molecule has 0 spiro atoms. The minimum atomic E-state index is -4.57. The van der Waals surface area contributed by atoms with E-state index in [9.17, 15) is 18.0 Å². The number of alkyl halides is 3. The lowest BCUT2D eigenvalue weighted by molar-refractivity contribution is -0.136. The van der Waals surface area contributed by atoms with Gasteiger partial charge in [0, 0.05) is 36.6 Å². The summed E-state index contributed by atoms with van der Waals surface area (Å²) in [6, 6.07) is 17.6. The molecule has 0 aliphatic carbocycles. The molecule has 0 atom stereocenters. The number of morpholine rings is 1. The number of H-pyrrole nitrogens is 1. The second-order valence-corrected chi connectivity index (χ2v) is 7.64. The Balaban J connectivity index is 1.42. The van der Waals surface area contributed by atoms with Gasteiger partial charge in [0.15, 0.2) is 0 Å². The van der Waals surface area contributed by atoms with Crippen LogP contribution < -0.4 is 10.2 Å². The Morgan fingerprint density at radius 3 is 2.50 bits per heavy atom. The molecule has 0 radical (unpaired) electrons. The van der Waals surface area contributed by atoms with Crippen LogP contribution in [0.1, 0.15) is 17.7 Å². The Kier molecular flexibility index (Phi) is 6.50. The number of hydrogen-bond acceptors (Lipinski definition) is 3. The van der Waals surface area contributed by atoms with Crippen molar-refractivity contribution in [3.8, 4) is 11.3 Å². The maximum atomic E-state index is 13.7. The van der Waals surface area contributed by atoms with Crippen molar-refractivity contribution in [2.75, 3.05) is 36.5 Å². The van der Waals surface area contributed by atoms with Crippen LogP contribution in [0.25, 0.3) is 11.3 Å². The highest BCUT2D eigenvalue weighted by Crippen LogP contribution is 2.37. The van der Waals surface area contributed by atoms with Gasteiger partial charge in [-0.05, 0) is 42.3 Å². The maximum absolute atomic E-state index is 13.7. The first-order chi connectivity index (χ1) is 15.4. The molecule has 5 nitrogen and oxygen atoms in total. The Morgan fingerprint density at radius 1 is 1.03 bits per heavy atom. The number of aromatic amines is 1. The van der Waals surface area contributed by atoms with Crippen LogP contribution in [0.5, 0.6) is 0 Å². The average molecular weight is 443 g/mol. The standard InChI is InChI=1S/C24H24F3N3O2/c25-24(26,27)20-16-19(30-12-14-32-15-13-30)8-10-22(20)29-23(31)11-7-18-6-9-21(28-18)17-4-2-1-3-5-17/h1-6,8-10,16,28H,7,11-15H2,(H,29,31). The maximum Gasteiger partial charge on any atom is 0.418 e. The zero-order valence-electron chi connectivity index (χ0n) is 17.4. The summed E-state index contributed by atoms with van der Waals surface area (Å²) in [5.41, 5.74) is 2.20. The SMILES string of the molecule is O=C(CCc1ccc(-c2ccccc2)[nH]1)Nc1ccc(N2CCOCC2)cc1C(F)(F)F. The number of benzene rings is 2. The topological polar surface area (TPSA) is 57.4 Å². The normalized spacial score (nSPS) is 14.4. The van der Waals surface area contributed by atoms with Gasteiger partial charge in [0.2, 0.25) is 5.91 Å². The van der Waals surface area contributed by atoms with Crippen molar-refractivity contribution < 1.29 is 22.7 Å². The van der Waals surface area contributed by atoms with Crippen LogP contribution in [0.2, 0.25) is 0 Å². The highest BCUT2D eigenvalue weighted by Gasteiger charge is 2.34. The molecule has 1 aliphatic rings. The molecule has 168 valence electrons. The van der Waals surface area contributed by atoms with Crippen molar-refractivity contribution in [1.29, 1.82) is 0 Å². The summed E-state index contributed by atoms with van der Waals surface area (Å²) in [5, 5.41) is 2.44. The van der Waals surface area contributed by atoms with Crippen molar-refractivity contribution in [3.05, 3.63) is 71.9 Å². The third kappa shape index (κ3) is 5.31. The molecule has 1 amide bonds. The van der Waals surface area contributed by atoms with Crippen molar-refractivity contribution >= 4 is 17.3 Å². The van der Waals surface area contributed by atoms with Gasteiger partial charge in [-0.2, -0.15) is 13.2 Å². The number of carbonyl (C=O) groups excluding carboxylic acids is 1. The van der Waals surface area contributed by atoms with Crippen LogP contribution >= 0.6 is 0 Å². The van der Waals surface area contributed by atoms with Crippen LogP contribution in [0.4, 0.5) is 24.5 Å². The third-order valence-electron chi connectivity index (χ3n) is 5.41. The summed E-state index contributed by atoms with van der Waals surface area (Å²) < 4.78 is 46.2. The minimum Gasteiger partial charge on any atom is -0.378 e. The van der Waals surface area contributed by atoms with Gasteiger partial charge in [0.05, 0.1) is 24.5 Å². The summed E-state index contributed by atoms with van der Waals surface area (Å²) in [6.45, 7) is 2.02. The molecule has 0 bridgehead atoms. The molecule has 1 aromatic heterocycles. The van der Waals surface area contributed by atoms with E-state index in [1.165, 1.54) is 6.07 Å². The van der Waals surface area contributed by atoms with Crippen molar-refractivity contribution in [1.82, 2.24) is 4.98 Å². The smallest absolute Gasteiger partial charge is 0.378 e. The van der Waals surface area contributed by atoms with Crippen LogP contribution in [0, 0.1) is 0 Å². The zero-order valence-corrected chi connectivity index (χ0v) is 17.4. The van der Waals surface area contributed by atoms with Gasteiger partial charge in [-0.15, -0.1) is 0 Å². The van der Waals surface area contributed by atoms with Gasteiger partial charge >= 0.3 is 6.18 Å². The van der Waals surface area contributed by atoms with Gasteiger partial charge in [-0.3, -0.25) is 4.79 Å². The number of ether oxygens (including phenoxy) is 1. The molecular formula is C24H24F3N3O2. The highest BCUT2D eigenvalue weighted by atomic mass is 19.4. The number of nitrogens with zero attached hydrogens (tertiary/aromatic N) is 1. The van der Waals surface area contributed by atoms with Crippen LogP contribution in [-0.4, -0.2) is 37.2 Å². The van der Waals surface area contributed by atoms with Gasteiger partial charge in [-0.1, -0.05) is 30.3 Å². The Bertz CT molecular complexity index is 1060. The zero-order chi connectivity index (χ0) is 22.6. The second-order valence-electron chi connectivity index (χ2n) is 7.64. The lowest BCUT2D eigenvalue weighted by Gasteiger charge is -2.29. The van der Waals surface area contributed by atoms with E-state index in [0.29, 0.717) is 38.4 Å². The summed E-state index contributed by atoms with van der Waals surface area (Å²) in [4.78, 5) is 17.5. The molecule has 0 unspecified atom stereocenters. The predicted molar refractivity (Wildman–Crippen MR) is 118 cm³/mol.